The van der Waals surface area contributed by atoms with Crippen molar-refractivity contribution in [2.75, 3.05) is 32.7 Å². The third-order valence-corrected chi connectivity index (χ3v) is 4.72. The maximum Gasteiger partial charge on any atom is 0.0617 e. The number of aromatic nitrogens is 1. The maximum absolute atomic E-state index is 4.34. The van der Waals surface area contributed by atoms with Gasteiger partial charge in [0.1, 0.15) is 0 Å². The molecule has 1 atom stereocenters. The fourth-order valence-corrected chi connectivity index (χ4v) is 3.41. The summed E-state index contributed by atoms with van der Waals surface area (Å²) in [6.07, 6.45) is 6.46. The average molecular weight is 309 g/mol. The molecule has 1 unspecified atom stereocenters. The summed E-state index contributed by atoms with van der Waals surface area (Å²) in [4.78, 5) is 9.55. The zero-order valence-electron chi connectivity index (χ0n) is 14.1. The van der Waals surface area contributed by atoms with E-state index < -0.39 is 0 Å². The second kappa shape index (κ2) is 8.23. The summed E-state index contributed by atoms with van der Waals surface area (Å²) in [5.74, 6) is 0. The molecule has 2 heterocycles. The van der Waals surface area contributed by atoms with E-state index in [2.05, 4.69) is 58.1 Å². The lowest BCUT2D eigenvalue weighted by atomic mass is 9.97. The van der Waals surface area contributed by atoms with Crippen LogP contribution < -0.4 is 0 Å². The molecule has 0 aliphatic carbocycles. The summed E-state index contributed by atoms with van der Waals surface area (Å²) >= 11 is 0. The zero-order valence-corrected chi connectivity index (χ0v) is 14.1. The second-order valence-corrected chi connectivity index (χ2v) is 6.33. The van der Waals surface area contributed by atoms with E-state index in [0.29, 0.717) is 6.04 Å². The zero-order chi connectivity index (χ0) is 15.9. The Hall–Kier alpha value is -1.71. The highest BCUT2D eigenvalue weighted by Gasteiger charge is 2.26. The molecule has 3 heteroatoms. The van der Waals surface area contributed by atoms with Crippen LogP contribution in [0.5, 0.6) is 0 Å². The summed E-state index contributed by atoms with van der Waals surface area (Å²) < 4.78 is 0. The highest BCUT2D eigenvalue weighted by Crippen LogP contribution is 2.28. The molecular formula is C20H27N3. The Morgan fingerprint density at radius 3 is 2.35 bits per heavy atom. The van der Waals surface area contributed by atoms with Gasteiger partial charge in [-0.15, -0.1) is 0 Å². The minimum Gasteiger partial charge on any atom is -0.301 e. The van der Waals surface area contributed by atoms with E-state index in [4.69, 9.17) is 0 Å². The van der Waals surface area contributed by atoms with Gasteiger partial charge < -0.3 is 4.90 Å². The minimum atomic E-state index is 0.318. The highest BCUT2D eigenvalue weighted by molar-refractivity contribution is 5.30. The van der Waals surface area contributed by atoms with Crippen LogP contribution in [0, 0.1) is 0 Å². The maximum atomic E-state index is 4.34. The Kier molecular flexibility index (Phi) is 5.78. The molecule has 1 saturated heterocycles. The third-order valence-electron chi connectivity index (χ3n) is 4.72. The van der Waals surface area contributed by atoms with Crippen LogP contribution in [0.2, 0.25) is 0 Å². The fraction of sp³-hybridized carbons (Fsp3) is 0.450. The first-order valence-electron chi connectivity index (χ1n) is 8.79. The van der Waals surface area contributed by atoms with E-state index in [9.17, 15) is 0 Å². The Morgan fingerprint density at radius 1 is 0.957 bits per heavy atom. The molecule has 0 radical (unpaired) electrons. The molecular weight excluding hydrogens is 282 g/mol. The molecule has 122 valence electrons. The lowest BCUT2D eigenvalue weighted by Gasteiger charge is -2.39. The first-order valence-corrected chi connectivity index (χ1v) is 8.79. The Morgan fingerprint density at radius 2 is 1.70 bits per heavy atom. The lowest BCUT2D eigenvalue weighted by molar-refractivity contribution is 0.108. The number of unbranched alkanes of at least 4 members (excludes halogenated alkanes) is 1. The fourth-order valence-electron chi connectivity index (χ4n) is 3.41. The largest absolute Gasteiger partial charge is 0.301 e. The molecule has 1 aliphatic rings. The van der Waals surface area contributed by atoms with E-state index in [1.165, 1.54) is 43.6 Å². The summed E-state index contributed by atoms with van der Waals surface area (Å²) in [6, 6.07) is 15.4. The van der Waals surface area contributed by atoms with Gasteiger partial charge >= 0.3 is 0 Å². The van der Waals surface area contributed by atoms with Gasteiger partial charge in [-0.3, -0.25) is 9.88 Å². The number of benzene rings is 1. The van der Waals surface area contributed by atoms with Gasteiger partial charge in [-0.1, -0.05) is 49.7 Å². The summed E-state index contributed by atoms with van der Waals surface area (Å²) in [5, 5.41) is 0. The molecule has 0 N–H and O–H groups in total. The molecule has 1 aliphatic heterocycles. The molecule has 1 fully saturated rings. The smallest absolute Gasteiger partial charge is 0.0617 e. The van der Waals surface area contributed by atoms with Crippen LogP contribution >= 0.6 is 0 Å². The van der Waals surface area contributed by atoms with Crippen LogP contribution in [0.1, 0.15) is 36.9 Å². The number of hydrogen-bond acceptors (Lipinski definition) is 3. The van der Waals surface area contributed by atoms with Gasteiger partial charge in [0.05, 0.1) is 6.04 Å². The molecule has 1 aromatic heterocycles. The van der Waals surface area contributed by atoms with Crippen LogP contribution in [-0.4, -0.2) is 47.5 Å². The predicted octanol–water partition coefficient (Wildman–Crippen LogP) is 3.59. The number of hydrogen-bond donors (Lipinski definition) is 0. The van der Waals surface area contributed by atoms with Crippen molar-refractivity contribution in [3.05, 3.63) is 66.0 Å². The Balaban J connectivity index is 1.75. The van der Waals surface area contributed by atoms with Crippen molar-refractivity contribution in [1.29, 1.82) is 0 Å². The van der Waals surface area contributed by atoms with Crippen molar-refractivity contribution >= 4 is 0 Å². The van der Waals surface area contributed by atoms with Gasteiger partial charge in [-0.05, 0) is 30.2 Å². The van der Waals surface area contributed by atoms with E-state index in [-0.39, 0.29) is 0 Å². The van der Waals surface area contributed by atoms with Crippen molar-refractivity contribution in [1.82, 2.24) is 14.8 Å². The van der Waals surface area contributed by atoms with Crippen LogP contribution in [0.3, 0.4) is 0 Å². The van der Waals surface area contributed by atoms with Crippen molar-refractivity contribution in [3.8, 4) is 0 Å². The molecule has 3 rings (SSSR count). The number of pyridine rings is 1. The summed E-state index contributed by atoms with van der Waals surface area (Å²) in [5.41, 5.74) is 2.66. The normalized spacial score (nSPS) is 18.0. The van der Waals surface area contributed by atoms with Crippen LogP contribution in [0.15, 0.2) is 54.9 Å². The monoisotopic (exact) mass is 309 g/mol. The van der Waals surface area contributed by atoms with Gasteiger partial charge in [0, 0.05) is 38.6 Å². The highest BCUT2D eigenvalue weighted by atomic mass is 15.3. The molecule has 1 aromatic carbocycles. The SMILES string of the molecule is CCCCN1CCN(C(c2ccccc2)c2cccnc2)CC1. The van der Waals surface area contributed by atoms with E-state index in [1.807, 2.05) is 18.5 Å². The van der Waals surface area contributed by atoms with E-state index >= 15 is 0 Å². The second-order valence-electron chi connectivity index (χ2n) is 6.33. The molecule has 0 amide bonds. The molecule has 3 nitrogen and oxygen atoms in total. The molecule has 0 spiro atoms. The minimum absolute atomic E-state index is 0.318. The number of piperazine rings is 1. The van der Waals surface area contributed by atoms with E-state index in [0.717, 1.165) is 13.1 Å². The van der Waals surface area contributed by atoms with Crippen molar-refractivity contribution in [3.63, 3.8) is 0 Å². The Bertz CT molecular complexity index is 522. The molecule has 0 saturated carbocycles. The number of rotatable bonds is 6. The van der Waals surface area contributed by atoms with Gasteiger partial charge in [0.2, 0.25) is 0 Å². The van der Waals surface area contributed by atoms with Crippen LogP contribution in [0.25, 0.3) is 0 Å². The van der Waals surface area contributed by atoms with Gasteiger partial charge in [0.15, 0.2) is 0 Å². The summed E-state index contributed by atoms with van der Waals surface area (Å²) in [6.45, 7) is 8.10. The van der Waals surface area contributed by atoms with Crippen LogP contribution in [0.4, 0.5) is 0 Å². The van der Waals surface area contributed by atoms with Crippen LogP contribution in [-0.2, 0) is 0 Å². The molecule has 2 aromatic rings. The number of nitrogens with zero attached hydrogens (tertiary/aromatic N) is 3. The average Bonchev–Trinajstić information content (AvgIpc) is 2.63. The van der Waals surface area contributed by atoms with Gasteiger partial charge in [-0.25, -0.2) is 0 Å². The third kappa shape index (κ3) is 4.18. The summed E-state index contributed by atoms with van der Waals surface area (Å²) in [7, 11) is 0. The van der Waals surface area contributed by atoms with Gasteiger partial charge in [-0.2, -0.15) is 0 Å². The van der Waals surface area contributed by atoms with Crippen molar-refractivity contribution in [2.24, 2.45) is 0 Å². The van der Waals surface area contributed by atoms with Crippen molar-refractivity contribution < 1.29 is 0 Å². The quantitative estimate of drug-likeness (QED) is 0.813. The first-order chi connectivity index (χ1) is 11.4. The molecule has 0 bridgehead atoms. The molecule has 23 heavy (non-hydrogen) atoms. The first kappa shape index (κ1) is 16.2. The standard InChI is InChI=1S/C20H27N3/c1-2-3-12-22-13-15-23(16-14-22)20(18-8-5-4-6-9-18)19-10-7-11-21-17-19/h4-11,17,20H,2-3,12-16H2,1H3. The van der Waals surface area contributed by atoms with E-state index in [1.54, 1.807) is 0 Å². The predicted molar refractivity (Wildman–Crippen MR) is 95.4 cm³/mol. The topological polar surface area (TPSA) is 19.4 Å². The lowest BCUT2D eigenvalue weighted by Crippen LogP contribution is -2.48. The van der Waals surface area contributed by atoms with Crippen molar-refractivity contribution in [2.45, 2.75) is 25.8 Å². The Labute approximate surface area is 140 Å². The van der Waals surface area contributed by atoms with Gasteiger partial charge in [0.25, 0.3) is 0 Å².